The number of nitrogens with one attached hydrogen (secondary N) is 2. The van der Waals surface area contributed by atoms with Gasteiger partial charge in [-0.15, -0.1) is 11.3 Å². The van der Waals surface area contributed by atoms with Crippen molar-refractivity contribution < 1.29 is 9.47 Å². The fourth-order valence-electron chi connectivity index (χ4n) is 2.11. The Hall–Kier alpha value is -0.830. The molecule has 0 aromatic carbocycles. The molecule has 1 aliphatic rings. The first kappa shape index (κ1) is 18.5. The molecule has 8 heteroatoms. The van der Waals surface area contributed by atoms with Crippen molar-refractivity contribution in [3.05, 3.63) is 11.6 Å². The molecule has 2 N–H and O–H groups in total. The van der Waals surface area contributed by atoms with Crippen LogP contribution in [0.3, 0.4) is 0 Å². The molecule has 1 aromatic rings. The van der Waals surface area contributed by atoms with E-state index in [9.17, 15) is 0 Å². The Morgan fingerprint density at radius 1 is 1.48 bits per heavy atom. The van der Waals surface area contributed by atoms with Crippen molar-refractivity contribution in [1.82, 2.24) is 15.6 Å². The predicted molar refractivity (Wildman–Crippen MR) is 96.6 cm³/mol. The van der Waals surface area contributed by atoms with Crippen molar-refractivity contribution in [3.8, 4) is 0 Å². The molecule has 2 rings (SSSR count). The van der Waals surface area contributed by atoms with Crippen LogP contribution in [0.1, 0.15) is 19.3 Å². The normalized spacial score (nSPS) is 18.3. The molecule has 1 unspecified atom stereocenters. The number of hydrogen-bond donors (Lipinski definition) is 2. The zero-order valence-corrected chi connectivity index (χ0v) is 15.3. The summed E-state index contributed by atoms with van der Waals surface area (Å²) in [5.74, 6) is 1.92. The van der Waals surface area contributed by atoms with Gasteiger partial charge in [-0.3, -0.25) is 4.99 Å². The number of ether oxygens (including phenoxy) is 2. The molecule has 2 heterocycles. The van der Waals surface area contributed by atoms with Gasteiger partial charge in [-0.25, -0.2) is 4.98 Å². The number of hydrogen-bond acceptors (Lipinski definition) is 6. The quantitative estimate of drug-likeness (QED) is 0.289. The number of nitrogens with zero attached hydrogens (tertiary/aromatic N) is 2. The van der Waals surface area contributed by atoms with E-state index in [1.165, 1.54) is 0 Å². The first-order valence-electron chi connectivity index (χ1n) is 8.04. The summed E-state index contributed by atoms with van der Waals surface area (Å²) in [5, 5.41) is 8.65. The van der Waals surface area contributed by atoms with Crippen LogP contribution in [0.4, 0.5) is 0 Å². The number of thioether (sulfide) groups is 1. The zero-order valence-electron chi connectivity index (χ0n) is 13.6. The molecule has 0 saturated carbocycles. The second kappa shape index (κ2) is 11.7. The zero-order chi connectivity index (χ0) is 16.2. The van der Waals surface area contributed by atoms with Crippen molar-refractivity contribution in [3.63, 3.8) is 0 Å². The molecule has 1 aliphatic heterocycles. The van der Waals surface area contributed by atoms with Crippen molar-refractivity contribution in [1.29, 1.82) is 0 Å². The number of thiazole rings is 1. The standard InChI is InChI=1S/C15H26N4O2S2/c1-16-14(17-5-2-8-21-13-4-9-20-12-13)18-6-3-10-22-15-19-7-11-23-15/h7,11,13H,2-6,8-10,12H2,1H3,(H2,16,17,18). The summed E-state index contributed by atoms with van der Waals surface area (Å²) >= 11 is 3.50. The van der Waals surface area contributed by atoms with E-state index >= 15 is 0 Å². The third-order valence-corrected chi connectivity index (χ3v) is 5.38. The van der Waals surface area contributed by atoms with Crippen molar-refractivity contribution in [2.75, 3.05) is 45.7 Å². The summed E-state index contributed by atoms with van der Waals surface area (Å²) < 4.78 is 12.2. The lowest BCUT2D eigenvalue weighted by molar-refractivity contribution is 0.0420. The van der Waals surface area contributed by atoms with Gasteiger partial charge in [-0.1, -0.05) is 11.8 Å². The molecule has 0 aliphatic carbocycles. The molecule has 1 fully saturated rings. The van der Waals surface area contributed by atoms with Crippen molar-refractivity contribution in [2.45, 2.75) is 29.7 Å². The molecular weight excluding hydrogens is 332 g/mol. The second-order valence-electron chi connectivity index (χ2n) is 5.14. The Morgan fingerprint density at radius 3 is 3.04 bits per heavy atom. The van der Waals surface area contributed by atoms with E-state index in [2.05, 4.69) is 20.6 Å². The van der Waals surface area contributed by atoms with Crippen LogP contribution in [-0.2, 0) is 9.47 Å². The van der Waals surface area contributed by atoms with Gasteiger partial charge in [0.2, 0.25) is 0 Å². The van der Waals surface area contributed by atoms with Crippen LogP contribution in [0.25, 0.3) is 0 Å². The Bertz CT molecular complexity index is 437. The van der Waals surface area contributed by atoms with E-state index in [0.29, 0.717) is 6.10 Å². The Labute approximate surface area is 146 Å². The number of guanidine groups is 1. The molecule has 0 spiro atoms. The van der Waals surface area contributed by atoms with Gasteiger partial charge in [0, 0.05) is 50.7 Å². The molecule has 0 bridgehead atoms. The van der Waals surface area contributed by atoms with Crippen LogP contribution in [0.5, 0.6) is 0 Å². The minimum absolute atomic E-state index is 0.294. The molecule has 0 amide bonds. The highest BCUT2D eigenvalue weighted by molar-refractivity contribution is 8.00. The molecule has 1 aromatic heterocycles. The molecule has 1 saturated heterocycles. The fourth-order valence-corrected chi connectivity index (χ4v) is 3.76. The van der Waals surface area contributed by atoms with Crippen LogP contribution < -0.4 is 10.6 Å². The van der Waals surface area contributed by atoms with E-state index in [1.54, 1.807) is 30.1 Å². The van der Waals surface area contributed by atoms with Gasteiger partial charge in [0.05, 0.1) is 12.7 Å². The van der Waals surface area contributed by atoms with Gasteiger partial charge >= 0.3 is 0 Å². The maximum absolute atomic E-state index is 5.73. The average Bonchev–Trinajstić information content (AvgIpc) is 3.26. The SMILES string of the molecule is CN=C(NCCCOC1CCOC1)NCCCSc1nccs1. The topological polar surface area (TPSA) is 67.8 Å². The Morgan fingerprint density at radius 2 is 2.35 bits per heavy atom. The molecular formula is C15H26N4O2S2. The Balaban J connectivity index is 1.43. The monoisotopic (exact) mass is 358 g/mol. The number of rotatable bonds is 10. The van der Waals surface area contributed by atoms with Crippen molar-refractivity contribution in [2.24, 2.45) is 4.99 Å². The third-order valence-electron chi connectivity index (χ3n) is 3.33. The largest absolute Gasteiger partial charge is 0.379 e. The maximum Gasteiger partial charge on any atom is 0.190 e. The maximum atomic E-state index is 5.73. The second-order valence-corrected chi connectivity index (χ2v) is 7.37. The van der Waals surface area contributed by atoms with Gasteiger partial charge in [0.1, 0.15) is 4.34 Å². The molecule has 0 radical (unpaired) electrons. The third kappa shape index (κ3) is 8.01. The van der Waals surface area contributed by atoms with Crippen LogP contribution in [0, 0.1) is 0 Å². The van der Waals surface area contributed by atoms with Gasteiger partial charge in [0.15, 0.2) is 5.96 Å². The molecule has 130 valence electrons. The lowest BCUT2D eigenvalue weighted by Crippen LogP contribution is -2.38. The highest BCUT2D eigenvalue weighted by atomic mass is 32.2. The summed E-state index contributed by atoms with van der Waals surface area (Å²) in [5.41, 5.74) is 0. The summed E-state index contributed by atoms with van der Waals surface area (Å²) in [7, 11) is 1.80. The van der Waals surface area contributed by atoms with Gasteiger partial charge < -0.3 is 20.1 Å². The smallest absolute Gasteiger partial charge is 0.190 e. The van der Waals surface area contributed by atoms with Crippen molar-refractivity contribution >= 4 is 29.1 Å². The van der Waals surface area contributed by atoms with Gasteiger partial charge in [-0.05, 0) is 19.3 Å². The summed E-state index contributed by atoms with van der Waals surface area (Å²) in [4.78, 5) is 8.48. The minimum Gasteiger partial charge on any atom is -0.379 e. The minimum atomic E-state index is 0.294. The summed E-state index contributed by atoms with van der Waals surface area (Å²) in [6.07, 6.45) is 5.21. The van der Waals surface area contributed by atoms with E-state index in [-0.39, 0.29) is 0 Å². The number of aromatic nitrogens is 1. The lowest BCUT2D eigenvalue weighted by Gasteiger charge is -2.13. The van der Waals surface area contributed by atoms with E-state index in [0.717, 1.165) is 68.2 Å². The summed E-state index contributed by atoms with van der Waals surface area (Å²) in [6, 6.07) is 0. The molecule has 23 heavy (non-hydrogen) atoms. The van der Waals surface area contributed by atoms with Gasteiger partial charge in [-0.2, -0.15) is 0 Å². The highest BCUT2D eigenvalue weighted by Crippen LogP contribution is 2.20. The van der Waals surface area contributed by atoms with Crippen LogP contribution in [0.15, 0.2) is 20.9 Å². The molecule has 6 nitrogen and oxygen atoms in total. The Kier molecular flexibility index (Phi) is 9.39. The highest BCUT2D eigenvalue weighted by Gasteiger charge is 2.15. The first-order valence-corrected chi connectivity index (χ1v) is 9.91. The van der Waals surface area contributed by atoms with Crippen LogP contribution in [0.2, 0.25) is 0 Å². The van der Waals surface area contributed by atoms with Crippen LogP contribution in [-0.4, -0.2) is 62.8 Å². The van der Waals surface area contributed by atoms with E-state index < -0.39 is 0 Å². The van der Waals surface area contributed by atoms with Crippen LogP contribution >= 0.6 is 23.1 Å². The van der Waals surface area contributed by atoms with E-state index in [1.807, 2.05) is 11.6 Å². The first-order chi connectivity index (χ1) is 11.4. The number of aliphatic imine (C=N–C) groups is 1. The van der Waals surface area contributed by atoms with E-state index in [4.69, 9.17) is 9.47 Å². The molecule has 1 atom stereocenters. The summed E-state index contributed by atoms with van der Waals surface area (Å²) in [6.45, 7) is 4.12. The fraction of sp³-hybridized carbons (Fsp3) is 0.733. The van der Waals surface area contributed by atoms with Gasteiger partial charge in [0.25, 0.3) is 0 Å². The predicted octanol–water partition coefficient (Wildman–Crippen LogP) is 1.99. The average molecular weight is 359 g/mol. The lowest BCUT2D eigenvalue weighted by atomic mass is 10.3.